The van der Waals surface area contributed by atoms with Crippen LogP contribution in [0, 0.1) is 0 Å². The summed E-state index contributed by atoms with van der Waals surface area (Å²) in [6, 6.07) is 16.9. The molecule has 6 heteroatoms. The first-order valence-corrected chi connectivity index (χ1v) is 9.30. The molecule has 0 aromatic heterocycles. The smallest absolute Gasteiger partial charge is 0.413 e. The summed E-state index contributed by atoms with van der Waals surface area (Å²) >= 11 is 0. The number of likely N-dealkylation sites (tertiary alicyclic amines) is 1. The van der Waals surface area contributed by atoms with E-state index >= 15 is 0 Å². The van der Waals surface area contributed by atoms with Gasteiger partial charge in [0.25, 0.3) is 5.72 Å². The Morgan fingerprint density at radius 1 is 1.04 bits per heavy atom. The van der Waals surface area contributed by atoms with Crippen LogP contribution in [0.25, 0.3) is 11.1 Å². The molecule has 28 heavy (non-hydrogen) atoms. The van der Waals surface area contributed by atoms with Crippen molar-refractivity contribution in [3.63, 3.8) is 0 Å². The van der Waals surface area contributed by atoms with Gasteiger partial charge in [0.1, 0.15) is 11.4 Å². The van der Waals surface area contributed by atoms with Gasteiger partial charge in [-0.3, -0.25) is 4.90 Å². The van der Waals surface area contributed by atoms with Gasteiger partial charge in [-0.15, -0.1) is 0 Å². The third kappa shape index (κ3) is 4.11. The molecule has 6 nitrogen and oxygen atoms in total. The van der Waals surface area contributed by atoms with Crippen molar-refractivity contribution in [2.75, 3.05) is 6.54 Å². The molecule has 0 saturated carbocycles. The molecular formula is C22H25NO5. The Kier molecular flexibility index (Phi) is 5.31. The van der Waals surface area contributed by atoms with Crippen molar-refractivity contribution < 1.29 is 24.2 Å². The zero-order valence-corrected chi connectivity index (χ0v) is 16.3. The van der Waals surface area contributed by atoms with Crippen molar-refractivity contribution in [3.8, 4) is 16.9 Å². The lowest BCUT2D eigenvalue weighted by Crippen LogP contribution is -2.58. The van der Waals surface area contributed by atoms with Crippen molar-refractivity contribution in [2.24, 2.45) is 0 Å². The van der Waals surface area contributed by atoms with Crippen LogP contribution in [0.15, 0.2) is 54.6 Å². The Bertz CT molecular complexity index is 859. The molecule has 148 valence electrons. The van der Waals surface area contributed by atoms with Crippen LogP contribution < -0.4 is 4.74 Å². The van der Waals surface area contributed by atoms with Gasteiger partial charge in [-0.05, 0) is 50.5 Å². The molecule has 0 spiro atoms. The summed E-state index contributed by atoms with van der Waals surface area (Å²) in [5.41, 5.74) is -0.609. The van der Waals surface area contributed by atoms with Crippen molar-refractivity contribution in [1.82, 2.24) is 4.90 Å². The third-order valence-electron chi connectivity index (χ3n) is 4.51. The summed E-state index contributed by atoms with van der Waals surface area (Å²) in [6.07, 6.45) is 0.0211. The number of carbonyl (C=O) groups excluding carboxylic acids is 1. The number of hydrogen-bond donors (Lipinski definition) is 1. The number of aliphatic carboxylic acids is 1. The van der Waals surface area contributed by atoms with Gasteiger partial charge >= 0.3 is 12.1 Å². The number of hydrogen-bond acceptors (Lipinski definition) is 4. The molecular weight excluding hydrogens is 358 g/mol. The molecule has 3 rings (SSSR count). The number of benzene rings is 2. The summed E-state index contributed by atoms with van der Waals surface area (Å²) in [5.74, 6) is -0.819. The standard InChI is InChI=1S/C22H25NO5/c1-21(2,3)28-20(26)23-14-8-13-22(23,19(24)25)27-18-12-7-11-17(15-18)16-9-5-4-6-10-16/h4-7,9-12,15H,8,13-14H2,1-3H3,(H,24,25)/t22-/m1/s1. The number of amides is 1. The Hall–Kier alpha value is -3.02. The third-order valence-corrected chi connectivity index (χ3v) is 4.51. The monoisotopic (exact) mass is 383 g/mol. The van der Waals surface area contributed by atoms with Gasteiger partial charge < -0.3 is 14.6 Å². The van der Waals surface area contributed by atoms with Crippen LogP contribution in [0.1, 0.15) is 33.6 Å². The molecule has 0 bridgehead atoms. The first-order valence-electron chi connectivity index (χ1n) is 9.30. The quantitative estimate of drug-likeness (QED) is 0.839. The normalized spacial score (nSPS) is 19.3. The predicted molar refractivity (Wildman–Crippen MR) is 105 cm³/mol. The van der Waals surface area contributed by atoms with E-state index in [9.17, 15) is 14.7 Å². The van der Waals surface area contributed by atoms with Gasteiger partial charge in [0.2, 0.25) is 0 Å². The van der Waals surface area contributed by atoms with Crippen molar-refractivity contribution in [3.05, 3.63) is 54.6 Å². The Morgan fingerprint density at radius 3 is 2.36 bits per heavy atom. The lowest BCUT2D eigenvalue weighted by Gasteiger charge is -2.35. The molecule has 1 heterocycles. The van der Waals surface area contributed by atoms with E-state index in [4.69, 9.17) is 9.47 Å². The van der Waals surface area contributed by atoms with Crippen LogP contribution >= 0.6 is 0 Å². The summed E-state index contributed by atoms with van der Waals surface area (Å²) < 4.78 is 11.4. The Morgan fingerprint density at radius 2 is 1.71 bits per heavy atom. The summed E-state index contributed by atoms with van der Waals surface area (Å²) in [7, 11) is 0. The van der Waals surface area contributed by atoms with Crippen LogP contribution in [-0.2, 0) is 9.53 Å². The molecule has 1 aliphatic rings. The first kappa shape index (κ1) is 19.7. The highest BCUT2D eigenvalue weighted by molar-refractivity contribution is 5.84. The van der Waals surface area contributed by atoms with E-state index in [1.807, 2.05) is 36.4 Å². The molecule has 1 aliphatic heterocycles. The minimum absolute atomic E-state index is 0.192. The zero-order chi connectivity index (χ0) is 20.4. The molecule has 1 amide bonds. The van der Waals surface area contributed by atoms with Crippen LogP contribution in [-0.4, -0.2) is 39.9 Å². The molecule has 0 aliphatic carbocycles. The molecule has 1 saturated heterocycles. The van der Waals surface area contributed by atoms with Gasteiger partial charge in [0.05, 0.1) is 0 Å². The van der Waals surface area contributed by atoms with E-state index < -0.39 is 23.4 Å². The van der Waals surface area contributed by atoms with Gasteiger partial charge in [-0.1, -0.05) is 42.5 Å². The number of ether oxygens (including phenoxy) is 2. The lowest BCUT2D eigenvalue weighted by molar-refractivity contribution is -0.169. The number of rotatable bonds is 4. The van der Waals surface area contributed by atoms with Crippen LogP contribution in [0.2, 0.25) is 0 Å². The highest BCUT2D eigenvalue weighted by Crippen LogP contribution is 2.35. The maximum Gasteiger partial charge on any atom is 0.413 e. The Balaban J connectivity index is 1.91. The number of carboxylic acids is 1. The van der Waals surface area contributed by atoms with E-state index in [-0.39, 0.29) is 13.0 Å². The molecule has 1 fully saturated rings. The second-order valence-corrected chi connectivity index (χ2v) is 7.82. The number of carbonyl (C=O) groups is 2. The van der Waals surface area contributed by atoms with Crippen LogP contribution in [0.3, 0.4) is 0 Å². The molecule has 2 aromatic rings. The minimum atomic E-state index is -1.78. The highest BCUT2D eigenvalue weighted by Gasteiger charge is 2.54. The SMILES string of the molecule is CC(C)(C)OC(=O)N1CCC[C@@]1(Oc1cccc(-c2ccccc2)c1)C(=O)O. The fourth-order valence-corrected chi connectivity index (χ4v) is 3.29. The second kappa shape index (κ2) is 7.54. The molecule has 0 radical (unpaired) electrons. The zero-order valence-electron chi connectivity index (χ0n) is 16.3. The van der Waals surface area contributed by atoms with E-state index in [2.05, 4.69) is 0 Å². The minimum Gasteiger partial charge on any atom is -0.477 e. The van der Waals surface area contributed by atoms with Gasteiger partial charge in [0.15, 0.2) is 0 Å². The van der Waals surface area contributed by atoms with Crippen LogP contribution in [0.5, 0.6) is 5.75 Å². The van der Waals surface area contributed by atoms with Crippen molar-refractivity contribution in [2.45, 2.75) is 44.9 Å². The maximum absolute atomic E-state index is 12.6. The molecule has 1 N–H and O–H groups in total. The number of nitrogens with zero attached hydrogens (tertiary/aromatic N) is 1. The van der Waals surface area contributed by atoms with Gasteiger partial charge in [-0.25, -0.2) is 9.59 Å². The van der Waals surface area contributed by atoms with E-state index in [1.54, 1.807) is 39.0 Å². The molecule has 2 aromatic carbocycles. The maximum atomic E-state index is 12.6. The Labute approximate surface area is 164 Å². The van der Waals surface area contributed by atoms with Crippen molar-refractivity contribution in [1.29, 1.82) is 0 Å². The summed E-state index contributed by atoms with van der Waals surface area (Å²) in [4.78, 5) is 26.0. The molecule has 1 atom stereocenters. The second-order valence-electron chi connectivity index (χ2n) is 7.82. The lowest BCUT2D eigenvalue weighted by atomic mass is 10.1. The van der Waals surface area contributed by atoms with E-state index in [0.717, 1.165) is 11.1 Å². The topological polar surface area (TPSA) is 76.1 Å². The van der Waals surface area contributed by atoms with Gasteiger partial charge in [0, 0.05) is 13.0 Å². The summed E-state index contributed by atoms with van der Waals surface area (Å²) in [5, 5.41) is 9.95. The fraction of sp³-hybridized carbons (Fsp3) is 0.364. The number of carboxylic acid groups (broad SMARTS) is 1. The van der Waals surface area contributed by atoms with Crippen molar-refractivity contribution >= 4 is 12.1 Å². The average molecular weight is 383 g/mol. The molecule has 0 unspecified atom stereocenters. The van der Waals surface area contributed by atoms with Crippen LogP contribution in [0.4, 0.5) is 4.79 Å². The summed E-state index contributed by atoms with van der Waals surface area (Å²) in [6.45, 7) is 5.49. The van der Waals surface area contributed by atoms with E-state index in [0.29, 0.717) is 12.2 Å². The largest absolute Gasteiger partial charge is 0.477 e. The predicted octanol–water partition coefficient (Wildman–Crippen LogP) is 4.54. The van der Waals surface area contributed by atoms with E-state index in [1.165, 1.54) is 4.90 Å². The average Bonchev–Trinajstić information content (AvgIpc) is 3.06. The van der Waals surface area contributed by atoms with Gasteiger partial charge in [-0.2, -0.15) is 0 Å². The first-order chi connectivity index (χ1) is 13.2. The fourth-order valence-electron chi connectivity index (χ4n) is 3.29. The highest BCUT2D eigenvalue weighted by atomic mass is 16.6.